The second-order valence-corrected chi connectivity index (χ2v) is 6.85. The number of nitrogens with one attached hydrogen (secondary N) is 1. The molecule has 0 saturated heterocycles. The van der Waals surface area contributed by atoms with Crippen LogP contribution in [0.1, 0.15) is 54.4 Å². The van der Waals surface area contributed by atoms with Gasteiger partial charge in [-0.25, -0.2) is 0 Å². The van der Waals surface area contributed by atoms with Crippen LogP contribution in [0.15, 0.2) is 0 Å². The van der Waals surface area contributed by atoms with Crippen LogP contribution in [0.3, 0.4) is 0 Å². The van der Waals surface area contributed by atoms with Crippen LogP contribution >= 0.6 is 0 Å². The monoisotopic (exact) mass is 238 g/mol. The smallest absolute Gasteiger partial charge is 0.220 e. The normalized spacial score (nSPS) is 13.9. The summed E-state index contributed by atoms with van der Waals surface area (Å²) in [6.45, 7) is 12.7. The van der Waals surface area contributed by atoms with Crippen molar-refractivity contribution in [3.8, 4) is 6.07 Å². The first-order chi connectivity index (χ1) is 7.56. The predicted octanol–water partition coefficient (Wildman–Crippen LogP) is 3.11. The van der Waals surface area contributed by atoms with Gasteiger partial charge in [0.2, 0.25) is 5.91 Å². The lowest BCUT2D eigenvalue weighted by Gasteiger charge is -2.23. The van der Waals surface area contributed by atoms with Gasteiger partial charge in [0.15, 0.2) is 0 Å². The fourth-order valence-electron chi connectivity index (χ4n) is 1.87. The van der Waals surface area contributed by atoms with Crippen molar-refractivity contribution in [3.05, 3.63) is 0 Å². The minimum Gasteiger partial charge on any atom is -0.355 e. The molecule has 0 fully saturated rings. The Morgan fingerprint density at radius 2 is 1.82 bits per heavy atom. The van der Waals surface area contributed by atoms with E-state index in [1.165, 1.54) is 0 Å². The number of nitriles is 1. The summed E-state index contributed by atoms with van der Waals surface area (Å²) in [6, 6.07) is 2.17. The average molecular weight is 238 g/mol. The van der Waals surface area contributed by atoms with E-state index in [2.05, 4.69) is 39.1 Å². The largest absolute Gasteiger partial charge is 0.355 e. The number of rotatable bonds is 5. The molecule has 98 valence electrons. The standard InChI is InChI=1S/C14H26N2O/c1-11(8-13(2,3)4)7-12(17)16-10-14(5,6)9-15/h11H,7-8,10H2,1-6H3,(H,16,17). The first kappa shape index (κ1) is 16.0. The van der Waals surface area contributed by atoms with Crippen molar-refractivity contribution in [2.75, 3.05) is 6.54 Å². The van der Waals surface area contributed by atoms with E-state index in [0.717, 1.165) is 6.42 Å². The van der Waals surface area contributed by atoms with Crippen molar-refractivity contribution in [1.29, 1.82) is 5.26 Å². The number of hydrogen-bond acceptors (Lipinski definition) is 2. The van der Waals surface area contributed by atoms with Crippen LogP contribution in [-0.4, -0.2) is 12.5 Å². The molecule has 0 heterocycles. The molecule has 0 aromatic rings. The maximum atomic E-state index is 11.7. The Kier molecular flexibility index (Phi) is 5.68. The zero-order chi connectivity index (χ0) is 13.7. The van der Waals surface area contributed by atoms with Crippen LogP contribution in [0.5, 0.6) is 0 Å². The van der Waals surface area contributed by atoms with E-state index in [-0.39, 0.29) is 11.3 Å². The topological polar surface area (TPSA) is 52.9 Å². The van der Waals surface area contributed by atoms with Gasteiger partial charge in [-0.2, -0.15) is 5.26 Å². The van der Waals surface area contributed by atoms with Gasteiger partial charge < -0.3 is 5.32 Å². The molecule has 0 aliphatic rings. The minimum absolute atomic E-state index is 0.0464. The number of carbonyl (C=O) groups excluding carboxylic acids is 1. The summed E-state index contributed by atoms with van der Waals surface area (Å²) in [5.74, 6) is 0.422. The highest BCUT2D eigenvalue weighted by Gasteiger charge is 2.20. The molecule has 1 N–H and O–H groups in total. The molecule has 0 rings (SSSR count). The van der Waals surface area contributed by atoms with Gasteiger partial charge >= 0.3 is 0 Å². The number of carbonyl (C=O) groups is 1. The molecule has 0 saturated carbocycles. The molecular weight excluding hydrogens is 212 g/mol. The van der Waals surface area contributed by atoms with Crippen molar-refractivity contribution in [2.24, 2.45) is 16.7 Å². The summed E-state index contributed by atoms with van der Waals surface area (Å²) in [7, 11) is 0. The first-order valence-corrected chi connectivity index (χ1v) is 6.24. The highest BCUT2D eigenvalue weighted by Crippen LogP contribution is 2.25. The van der Waals surface area contributed by atoms with E-state index < -0.39 is 5.41 Å². The quantitative estimate of drug-likeness (QED) is 0.800. The fraction of sp³-hybridized carbons (Fsp3) is 0.857. The van der Waals surface area contributed by atoms with Crippen LogP contribution in [0.25, 0.3) is 0 Å². The van der Waals surface area contributed by atoms with Gasteiger partial charge in [-0.05, 0) is 31.6 Å². The van der Waals surface area contributed by atoms with Crippen molar-refractivity contribution < 1.29 is 4.79 Å². The lowest BCUT2D eigenvalue weighted by Crippen LogP contribution is -2.34. The Hall–Kier alpha value is -1.04. The second-order valence-electron chi connectivity index (χ2n) is 6.85. The SMILES string of the molecule is CC(CC(=O)NCC(C)(C)C#N)CC(C)(C)C. The third-order valence-corrected chi connectivity index (χ3v) is 2.52. The lowest BCUT2D eigenvalue weighted by atomic mass is 9.84. The summed E-state index contributed by atoms with van der Waals surface area (Å²) in [6.07, 6.45) is 1.57. The van der Waals surface area contributed by atoms with E-state index >= 15 is 0 Å². The number of hydrogen-bond donors (Lipinski definition) is 1. The molecule has 0 radical (unpaired) electrons. The van der Waals surface area contributed by atoms with Crippen LogP contribution < -0.4 is 5.32 Å². The lowest BCUT2D eigenvalue weighted by molar-refractivity contribution is -0.122. The maximum absolute atomic E-state index is 11.7. The van der Waals surface area contributed by atoms with Crippen LogP contribution in [0, 0.1) is 28.1 Å². The van der Waals surface area contributed by atoms with E-state index in [1.807, 2.05) is 13.8 Å². The zero-order valence-corrected chi connectivity index (χ0v) is 12.1. The van der Waals surface area contributed by atoms with Gasteiger partial charge in [-0.1, -0.05) is 27.7 Å². The Balaban J connectivity index is 4.00. The molecule has 3 nitrogen and oxygen atoms in total. The van der Waals surface area contributed by atoms with Crippen LogP contribution in [0.2, 0.25) is 0 Å². The highest BCUT2D eigenvalue weighted by atomic mass is 16.1. The fourth-order valence-corrected chi connectivity index (χ4v) is 1.87. The predicted molar refractivity (Wildman–Crippen MR) is 70.3 cm³/mol. The molecule has 17 heavy (non-hydrogen) atoms. The highest BCUT2D eigenvalue weighted by molar-refractivity contribution is 5.76. The molecule has 1 unspecified atom stereocenters. The van der Waals surface area contributed by atoms with E-state index in [4.69, 9.17) is 5.26 Å². The molecule has 0 aliphatic heterocycles. The third-order valence-electron chi connectivity index (χ3n) is 2.52. The molecule has 0 aliphatic carbocycles. The molecule has 1 amide bonds. The third kappa shape index (κ3) is 8.74. The summed E-state index contributed by atoms with van der Waals surface area (Å²) < 4.78 is 0. The molecule has 3 heteroatoms. The Labute approximate surface area is 106 Å². The summed E-state index contributed by atoms with van der Waals surface area (Å²) in [4.78, 5) is 11.7. The summed E-state index contributed by atoms with van der Waals surface area (Å²) in [5, 5.41) is 11.7. The summed E-state index contributed by atoms with van der Waals surface area (Å²) >= 11 is 0. The second kappa shape index (κ2) is 6.05. The van der Waals surface area contributed by atoms with Gasteiger partial charge in [0.25, 0.3) is 0 Å². The maximum Gasteiger partial charge on any atom is 0.220 e. The van der Waals surface area contributed by atoms with Gasteiger partial charge in [0, 0.05) is 13.0 Å². The zero-order valence-electron chi connectivity index (χ0n) is 12.1. The Morgan fingerprint density at radius 3 is 2.24 bits per heavy atom. The Morgan fingerprint density at radius 1 is 1.29 bits per heavy atom. The molecule has 0 bridgehead atoms. The van der Waals surface area contributed by atoms with E-state index in [1.54, 1.807) is 0 Å². The first-order valence-electron chi connectivity index (χ1n) is 6.24. The minimum atomic E-state index is -0.483. The molecule has 1 atom stereocenters. The molecule has 0 aromatic carbocycles. The van der Waals surface area contributed by atoms with Crippen LogP contribution in [0.4, 0.5) is 0 Å². The van der Waals surface area contributed by atoms with Crippen molar-refractivity contribution >= 4 is 5.91 Å². The van der Waals surface area contributed by atoms with Crippen molar-refractivity contribution in [3.63, 3.8) is 0 Å². The van der Waals surface area contributed by atoms with Crippen molar-refractivity contribution in [2.45, 2.75) is 54.4 Å². The number of nitrogens with zero attached hydrogens (tertiary/aromatic N) is 1. The molecule has 0 spiro atoms. The molecular formula is C14H26N2O. The van der Waals surface area contributed by atoms with Gasteiger partial charge in [0.05, 0.1) is 11.5 Å². The Bertz CT molecular complexity index is 294. The van der Waals surface area contributed by atoms with Gasteiger partial charge in [0.1, 0.15) is 0 Å². The van der Waals surface area contributed by atoms with Crippen molar-refractivity contribution in [1.82, 2.24) is 5.32 Å². The van der Waals surface area contributed by atoms with E-state index in [0.29, 0.717) is 18.9 Å². The van der Waals surface area contributed by atoms with Gasteiger partial charge in [-0.3, -0.25) is 4.79 Å². The number of amides is 1. The summed E-state index contributed by atoms with van der Waals surface area (Å²) in [5.41, 5.74) is -0.228. The van der Waals surface area contributed by atoms with Crippen LogP contribution in [-0.2, 0) is 4.79 Å². The van der Waals surface area contributed by atoms with Gasteiger partial charge in [-0.15, -0.1) is 0 Å². The average Bonchev–Trinajstić information content (AvgIpc) is 2.12. The van der Waals surface area contributed by atoms with E-state index in [9.17, 15) is 4.79 Å². The molecule has 0 aromatic heterocycles.